The Morgan fingerprint density at radius 2 is 2.00 bits per heavy atom. The maximum Gasteiger partial charge on any atom is 0.242 e. The molecule has 1 saturated heterocycles. The molecule has 1 aromatic carbocycles. The van der Waals surface area contributed by atoms with E-state index in [2.05, 4.69) is 22.3 Å². The van der Waals surface area contributed by atoms with E-state index in [1.165, 1.54) is 4.90 Å². The van der Waals surface area contributed by atoms with Crippen molar-refractivity contribution in [2.24, 2.45) is 5.73 Å². The van der Waals surface area contributed by atoms with Crippen LogP contribution < -0.4 is 11.1 Å². The van der Waals surface area contributed by atoms with Crippen molar-refractivity contribution in [2.45, 2.75) is 23.8 Å². The lowest BCUT2D eigenvalue weighted by atomic mass is 9.89. The summed E-state index contributed by atoms with van der Waals surface area (Å²) in [5.41, 5.74) is 5.99. The third kappa shape index (κ3) is 3.00. The van der Waals surface area contributed by atoms with E-state index in [0.29, 0.717) is 0 Å². The van der Waals surface area contributed by atoms with E-state index < -0.39 is 5.54 Å². The highest BCUT2D eigenvalue weighted by molar-refractivity contribution is 7.98. The van der Waals surface area contributed by atoms with E-state index in [1.54, 1.807) is 11.8 Å². The van der Waals surface area contributed by atoms with Crippen molar-refractivity contribution in [2.75, 3.05) is 32.4 Å². The Morgan fingerprint density at radius 1 is 1.30 bits per heavy atom. The van der Waals surface area contributed by atoms with Gasteiger partial charge in [-0.15, -0.1) is 11.8 Å². The SMILES string of the molecule is CSc1ccc(C(C)(C(N)=O)N2CCCNCC2)cc1. The lowest BCUT2D eigenvalue weighted by molar-refractivity contribution is -0.130. The number of rotatable bonds is 4. The molecule has 1 fully saturated rings. The molecule has 20 heavy (non-hydrogen) atoms. The fraction of sp³-hybridized carbons (Fsp3) is 0.533. The average molecular weight is 293 g/mol. The van der Waals surface area contributed by atoms with Gasteiger partial charge in [0.05, 0.1) is 0 Å². The molecular weight excluding hydrogens is 270 g/mol. The predicted molar refractivity (Wildman–Crippen MR) is 83.8 cm³/mol. The van der Waals surface area contributed by atoms with Crippen molar-refractivity contribution < 1.29 is 4.79 Å². The maximum absolute atomic E-state index is 12.1. The Balaban J connectivity index is 2.33. The summed E-state index contributed by atoms with van der Waals surface area (Å²) < 4.78 is 0. The molecule has 4 nitrogen and oxygen atoms in total. The van der Waals surface area contributed by atoms with Gasteiger partial charge in [0.25, 0.3) is 0 Å². The second-order valence-corrected chi connectivity index (χ2v) is 6.14. The highest BCUT2D eigenvalue weighted by Gasteiger charge is 2.39. The number of hydrogen-bond donors (Lipinski definition) is 2. The van der Waals surface area contributed by atoms with Gasteiger partial charge in [0.2, 0.25) is 5.91 Å². The van der Waals surface area contributed by atoms with Gasteiger partial charge in [-0.3, -0.25) is 9.69 Å². The number of thioether (sulfide) groups is 1. The molecule has 1 aliphatic rings. The van der Waals surface area contributed by atoms with Crippen molar-refractivity contribution in [1.82, 2.24) is 10.2 Å². The molecule has 3 N–H and O–H groups in total. The molecule has 1 amide bonds. The number of hydrogen-bond acceptors (Lipinski definition) is 4. The summed E-state index contributed by atoms with van der Waals surface area (Å²) >= 11 is 1.70. The van der Waals surface area contributed by atoms with Crippen LogP contribution in [0.5, 0.6) is 0 Å². The third-order valence-corrected chi connectivity index (χ3v) is 4.85. The summed E-state index contributed by atoms with van der Waals surface area (Å²) in [4.78, 5) is 15.5. The molecule has 0 saturated carbocycles. The van der Waals surface area contributed by atoms with Gasteiger partial charge in [-0.05, 0) is 43.8 Å². The molecule has 1 aromatic rings. The number of amides is 1. The zero-order valence-corrected chi connectivity index (χ0v) is 13.0. The Kier molecular flexibility index (Phi) is 5.07. The molecule has 0 radical (unpaired) electrons. The van der Waals surface area contributed by atoms with Gasteiger partial charge in [-0.1, -0.05) is 12.1 Å². The summed E-state index contributed by atoms with van der Waals surface area (Å²) in [6.45, 7) is 5.55. The molecule has 1 atom stereocenters. The van der Waals surface area contributed by atoms with Gasteiger partial charge in [0.15, 0.2) is 0 Å². The second kappa shape index (κ2) is 6.61. The van der Waals surface area contributed by atoms with Crippen molar-refractivity contribution in [3.63, 3.8) is 0 Å². The van der Waals surface area contributed by atoms with Gasteiger partial charge in [-0.25, -0.2) is 0 Å². The van der Waals surface area contributed by atoms with Crippen LogP contribution >= 0.6 is 11.8 Å². The molecule has 1 aliphatic heterocycles. The highest BCUT2D eigenvalue weighted by atomic mass is 32.2. The molecule has 110 valence electrons. The number of carbonyl (C=O) groups is 1. The zero-order chi connectivity index (χ0) is 14.6. The molecule has 5 heteroatoms. The first-order chi connectivity index (χ1) is 9.59. The van der Waals surface area contributed by atoms with Gasteiger partial charge >= 0.3 is 0 Å². The van der Waals surface area contributed by atoms with E-state index >= 15 is 0 Å². The van der Waals surface area contributed by atoms with Crippen molar-refractivity contribution in [1.29, 1.82) is 0 Å². The topological polar surface area (TPSA) is 58.4 Å². The van der Waals surface area contributed by atoms with Gasteiger partial charge < -0.3 is 11.1 Å². The van der Waals surface area contributed by atoms with E-state index in [4.69, 9.17) is 5.73 Å². The first-order valence-corrected chi connectivity index (χ1v) is 8.21. The minimum absolute atomic E-state index is 0.281. The first kappa shape index (κ1) is 15.4. The number of nitrogens with one attached hydrogen (secondary N) is 1. The van der Waals surface area contributed by atoms with Crippen molar-refractivity contribution in [3.8, 4) is 0 Å². The quantitative estimate of drug-likeness (QED) is 0.824. The van der Waals surface area contributed by atoms with Gasteiger partial charge in [0.1, 0.15) is 5.54 Å². The highest BCUT2D eigenvalue weighted by Crippen LogP contribution is 2.30. The molecular formula is C15H23N3OS. The van der Waals surface area contributed by atoms with Crippen molar-refractivity contribution in [3.05, 3.63) is 29.8 Å². The molecule has 0 aromatic heterocycles. The van der Waals surface area contributed by atoms with E-state index in [0.717, 1.165) is 38.2 Å². The maximum atomic E-state index is 12.1. The predicted octanol–water partition coefficient (Wildman–Crippen LogP) is 1.40. The summed E-state index contributed by atoms with van der Waals surface area (Å²) in [6, 6.07) is 8.15. The molecule has 0 aliphatic carbocycles. The number of benzene rings is 1. The molecule has 1 unspecified atom stereocenters. The van der Waals surface area contributed by atoms with Crippen LogP contribution in [0, 0.1) is 0 Å². The van der Waals surface area contributed by atoms with Crippen LogP contribution in [0.25, 0.3) is 0 Å². The minimum Gasteiger partial charge on any atom is -0.368 e. The monoisotopic (exact) mass is 293 g/mol. The van der Waals surface area contributed by atoms with Crippen LogP contribution in [0.2, 0.25) is 0 Å². The zero-order valence-electron chi connectivity index (χ0n) is 12.2. The summed E-state index contributed by atoms with van der Waals surface area (Å²) in [5, 5.41) is 3.36. The Hall–Kier alpha value is -1.04. The molecule has 0 spiro atoms. The number of nitrogens with zero attached hydrogens (tertiary/aromatic N) is 1. The summed E-state index contributed by atoms with van der Waals surface area (Å²) in [6.07, 6.45) is 3.08. The number of carbonyl (C=O) groups excluding carboxylic acids is 1. The normalized spacial score (nSPS) is 20.1. The smallest absolute Gasteiger partial charge is 0.242 e. The third-order valence-electron chi connectivity index (χ3n) is 4.10. The molecule has 0 bridgehead atoms. The first-order valence-electron chi connectivity index (χ1n) is 6.99. The van der Waals surface area contributed by atoms with Crippen LogP contribution in [0.15, 0.2) is 29.2 Å². The van der Waals surface area contributed by atoms with Crippen LogP contribution in [0.1, 0.15) is 18.9 Å². The van der Waals surface area contributed by atoms with Crippen LogP contribution in [-0.4, -0.2) is 43.2 Å². The van der Waals surface area contributed by atoms with E-state index in [9.17, 15) is 4.79 Å². The summed E-state index contributed by atoms with van der Waals surface area (Å²) in [7, 11) is 0. The van der Waals surface area contributed by atoms with Gasteiger partial charge in [-0.2, -0.15) is 0 Å². The van der Waals surface area contributed by atoms with Crippen LogP contribution in [0.4, 0.5) is 0 Å². The Morgan fingerprint density at radius 3 is 2.60 bits per heavy atom. The standard InChI is InChI=1S/C15H23N3OS/c1-15(14(16)19,18-10-3-8-17-9-11-18)12-4-6-13(20-2)7-5-12/h4-7,17H,3,8-11H2,1-2H3,(H2,16,19). The lowest BCUT2D eigenvalue weighted by Crippen LogP contribution is -2.54. The fourth-order valence-electron chi connectivity index (χ4n) is 2.69. The van der Waals surface area contributed by atoms with Crippen LogP contribution in [-0.2, 0) is 10.3 Å². The largest absolute Gasteiger partial charge is 0.368 e. The fourth-order valence-corrected chi connectivity index (χ4v) is 3.10. The van der Waals surface area contributed by atoms with Crippen molar-refractivity contribution >= 4 is 17.7 Å². The second-order valence-electron chi connectivity index (χ2n) is 5.26. The number of nitrogens with two attached hydrogens (primary N) is 1. The Labute approximate surface area is 125 Å². The Bertz CT molecular complexity index is 455. The number of primary amides is 1. The van der Waals surface area contributed by atoms with E-state index in [1.807, 2.05) is 25.3 Å². The minimum atomic E-state index is -0.733. The lowest BCUT2D eigenvalue weighted by Gasteiger charge is -2.38. The summed E-state index contributed by atoms with van der Waals surface area (Å²) in [5.74, 6) is -0.281. The van der Waals surface area contributed by atoms with E-state index in [-0.39, 0.29) is 5.91 Å². The van der Waals surface area contributed by atoms with Crippen LogP contribution in [0.3, 0.4) is 0 Å². The van der Waals surface area contributed by atoms with Gasteiger partial charge in [0, 0.05) is 24.5 Å². The molecule has 2 rings (SSSR count). The average Bonchev–Trinajstić information content (AvgIpc) is 2.75. The molecule has 1 heterocycles.